The molecule has 0 aliphatic carbocycles. The molecule has 2 fully saturated rings. The van der Waals surface area contributed by atoms with E-state index >= 15 is 0 Å². The molecule has 0 aromatic heterocycles. The minimum Gasteiger partial charge on any atom is -0.387 e. The summed E-state index contributed by atoms with van der Waals surface area (Å²) in [6.45, 7) is 2.03. The Kier molecular flexibility index (Phi) is 1.29. The second kappa shape index (κ2) is 1.95. The van der Waals surface area contributed by atoms with Crippen LogP contribution >= 0.6 is 0 Å². The van der Waals surface area contributed by atoms with E-state index in [9.17, 15) is 5.11 Å². The Balaban J connectivity index is 2.14. The molecule has 2 bridgehead atoms. The number of rotatable bonds is 1. The minimum atomic E-state index is -0.469. The SMILES string of the molecule is CCC1(O)CC2CCC1O2. The van der Waals surface area contributed by atoms with Gasteiger partial charge in [-0.15, -0.1) is 0 Å². The summed E-state index contributed by atoms with van der Waals surface area (Å²) >= 11 is 0. The van der Waals surface area contributed by atoms with Crippen LogP contribution in [0.2, 0.25) is 0 Å². The topological polar surface area (TPSA) is 29.5 Å². The molecule has 10 heavy (non-hydrogen) atoms. The molecule has 58 valence electrons. The highest BCUT2D eigenvalue weighted by atomic mass is 16.5. The lowest BCUT2D eigenvalue weighted by atomic mass is 9.83. The molecule has 0 amide bonds. The molecule has 2 saturated heterocycles. The standard InChI is InChI=1S/C8H14O2/c1-2-8(9)5-6-3-4-7(8)10-6/h6-7,9H,2-5H2,1H3. The van der Waals surface area contributed by atoms with Crippen molar-refractivity contribution in [2.45, 2.75) is 50.4 Å². The molecule has 0 radical (unpaired) electrons. The van der Waals surface area contributed by atoms with Gasteiger partial charge < -0.3 is 9.84 Å². The smallest absolute Gasteiger partial charge is 0.0930 e. The fourth-order valence-electron chi connectivity index (χ4n) is 2.15. The van der Waals surface area contributed by atoms with Gasteiger partial charge in [0.05, 0.1) is 17.8 Å². The van der Waals surface area contributed by atoms with Crippen molar-refractivity contribution >= 4 is 0 Å². The fourth-order valence-corrected chi connectivity index (χ4v) is 2.15. The normalized spacial score (nSPS) is 52.2. The molecule has 1 N–H and O–H groups in total. The summed E-state index contributed by atoms with van der Waals surface area (Å²) in [6, 6.07) is 0. The minimum absolute atomic E-state index is 0.155. The lowest BCUT2D eigenvalue weighted by Crippen LogP contribution is -2.38. The Morgan fingerprint density at radius 3 is 2.70 bits per heavy atom. The maximum Gasteiger partial charge on any atom is 0.0930 e. The van der Waals surface area contributed by atoms with Crippen molar-refractivity contribution in [3.63, 3.8) is 0 Å². The lowest BCUT2D eigenvalue weighted by Gasteiger charge is -2.27. The molecule has 3 atom stereocenters. The highest BCUT2D eigenvalue weighted by Crippen LogP contribution is 2.43. The van der Waals surface area contributed by atoms with Crippen LogP contribution in [0, 0.1) is 0 Å². The van der Waals surface area contributed by atoms with E-state index in [1.807, 2.05) is 6.92 Å². The number of hydrogen-bond acceptors (Lipinski definition) is 2. The van der Waals surface area contributed by atoms with Crippen LogP contribution < -0.4 is 0 Å². The Labute approximate surface area is 61.2 Å². The summed E-state index contributed by atoms with van der Waals surface area (Å²) in [7, 11) is 0. The van der Waals surface area contributed by atoms with Gasteiger partial charge in [0.25, 0.3) is 0 Å². The number of fused-ring (bicyclic) bond motifs is 2. The first-order chi connectivity index (χ1) is 4.74. The van der Waals surface area contributed by atoms with Gasteiger partial charge in [-0.2, -0.15) is 0 Å². The monoisotopic (exact) mass is 142 g/mol. The van der Waals surface area contributed by atoms with Gasteiger partial charge in [-0.3, -0.25) is 0 Å². The zero-order valence-corrected chi connectivity index (χ0v) is 6.34. The van der Waals surface area contributed by atoms with Crippen LogP contribution in [0.15, 0.2) is 0 Å². The zero-order valence-electron chi connectivity index (χ0n) is 6.34. The third-order valence-electron chi connectivity index (χ3n) is 2.90. The second-order valence-corrected chi connectivity index (χ2v) is 3.49. The van der Waals surface area contributed by atoms with Gasteiger partial charge in [0.2, 0.25) is 0 Å². The molecule has 2 aliphatic rings. The maximum atomic E-state index is 9.87. The van der Waals surface area contributed by atoms with Gasteiger partial charge in [0, 0.05) is 6.42 Å². The summed E-state index contributed by atoms with van der Waals surface area (Å²) in [6.07, 6.45) is 4.46. The van der Waals surface area contributed by atoms with Crippen LogP contribution in [0.5, 0.6) is 0 Å². The summed E-state index contributed by atoms with van der Waals surface area (Å²) in [5, 5.41) is 9.87. The fraction of sp³-hybridized carbons (Fsp3) is 1.00. The number of hydrogen-bond donors (Lipinski definition) is 1. The molecule has 2 heterocycles. The van der Waals surface area contributed by atoms with E-state index in [0.29, 0.717) is 6.10 Å². The van der Waals surface area contributed by atoms with E-state index in [4.69, 9.17) is 4.74 Å². The zero-order chi connectivity index (χ0) is 7.19. The van der Waals surface area contributed by atoms with Crippen LogP contribution in [0.25, 0.3) is 0 Å². The molecule has 0 saturated carbocycles. The van der Waals surface area contributed by atoms with Crippen LogP contribution in [0.3, 0.4) is 0 Å². The summed E-state index contributed by atoms with van der Waals surface area (Å²) in [4.78, 5) is 0. The van der Waals surface area contributed by atoms with Crippen LogP contribution in [0.1, 0.15) is 32.6 Å². The van der Waals surface area contributed by atoms with E-state index in [2.05, 4.69) is 0 Å². The summed E-state index contributed by atoms with van der Waals surface area (Å²) in [5.41, 5.74) is -0.469. The van der Waals surface area contributed by atoms with Gasteiger partial charge in [0.1, 0.15) is 0 Å². The molecule has 0 spiro atoms. The maximum absolute atomic E-state index is 9.87. The predicted molar refractivity (Wildman–Crippen MR) is 37.8 cm³/mol. The van der Waals surface area contributed by atoms with Crippen molar-refractivity contribution in [2.75, 3.05) is 0 Å². The molecule has 2 heteroatoms. The van der Waals surface area contributed by atoms with E-state index in [-0.39, 0.29) is 6.10 Å². The number of ether oxygens (including phenoxy) is 1. The van der Waals surface area contributed by atoms with Crippen molar-refractivity contribution in [1.82, 2.24) is 0 Å². The van der Waals surface area contributed by atoms with Crippen LogP contribution in [0.4, 0.5) is 0 Å². The first kappa shape index (κ1) is 6.62. The second-order valence-electron chi connectivity index (χ2n) is 3.49. The largest absolute Gasteiger partial charge is 0.387 e. The molecule has 2 aliphatic heterocycles. The van der Waals surface area contributed by atoms with Gasteiger partial charge in [-0.05, 0) is 19.3 Å². The first-order valence-electron chi connectivity index (χ1n) is 4.12. The first-order valence-corrected chi connectivity index (χ1v) is 4.12. The van der Waals surface area contributed by atoms with E-state index < -0.39 is 5.60 Å². The Bertz CT molecular complexity index is 146. The predicted octanol–water partition coefficient (Wildman–Crippen LogP) is 1.08. The average molecular weight is 142 g/mol. The molecule has 3 unspecified atom stereocenters. The van der Waals surface area contributed by atoms with E-state index in [0.717, 1.165) is 25.7 Å². The Morgan fingerprint density at radius 1 is 1.60 bits per heavy atom. The molecular weight excluding hydrogens is 128 g/mol. The summed E-state index contributed by atoms with van der Waals surface area (Å²) in [5.74, 6) is 0. The van der Waals surface area contributed by atoms with Gasteiger partial charge >= 0.3 is 0 Å². The van der Waals surface area contributed by atoms with Gasteiger partial charge in [-0.1, -0.05) is 6.92 Å². The van der Waals surface area contributed by atoms with E-state index in [1.54, 1.807) is 0 Å². The summed E-state index contributed by atoms with van der Waals surface area (Å²) < 4.78 is 5.53. The third-order valence-corrected chi connectivity index (χ3v) is 2.90. The number of aliphatic hydroxyl groups is 1. The highest BCUT2D eigenvalue weighted by molar-refractivity contribution is 5.00. The quantitative estimate of drug-likeness (QED) is 0.593. The Hall–Kier alpha value is -0.0800. The van der Waals surface area contributed by atoms with Crippen molar-refractivity contribution in [3.05, 3.63) is 0 Å². The van der Waals surface area contributed by atoms with E-state index in [1.165, 1.54) is 0 Å². The highest BCUT2D eigenvalue weighted by Gasteiger charge is 2.49. The van der Waals surface area contributed by atoms with Crippen molar-refractivity contribution < 1.29 is 9.84 Å². The molecule has 0 aromatic carbocycles. The van der Waals surface area contributed by atoms with Gasteiger partial charge in [0.15, 0.2) is 0 Å². The van der Waals surface area contributed by atoms with Crippen molar-refractivity contribution in [2.24, 2.45) is 0 Å². The van der Waals surface area contributed by atoms with Crippen LogP contribution in [-0.2, 0) is 4.74 Å². The van der Waals surface area contributed by atoms with Crippen LogP contribution in [-0.4, -0.2) is 22.9 Å². The van der Waals surface area contributed by atoms with Crippen molar-refractivity contribution in [1.29, 1.82) is 0 Å². The molecule has 0 aromatic rings. The molecule has 2 rings (SSSR count). The Morgan fingerprint density at radius 2 is 2.40 bits per heavy atom. The van der Waals surface area contributed by atoms with Crippen molar-refractivity contribution in [3.8, 4) is 0 Å². The molecular formula is C8H14O2. The third kappa shape index (κ3) is 0.722. The average Bonchev–Trinajstić information content (AvgIpc) is 2.46. The lowest BCUT2D eigenvalue weighted by molar-refractivity contribution is -0.0313. The molecule has 2 nitrogen and oxygen atoms in total. The van der Waals surface area contributed by atoms with Gasteiger partial charge in [-0.25, -0.2) is 0 Å².